The van der Waals surface area contributed by atoms with Gasteiger partial charge in [0.15, 0.2) is 5.06 Å². The van der Waals surface area contributed by atoms with Crippen molar-refractivity contribution in [2.75, 3.05) is 0 Å². The Balaban J connectivity index is 2.73. The average molecular weight is 192 g/mol. The molecule has 2 N–H and O–H groups in total. The predicted octanol–water partition coefficient (Wildman–Crippen LogP) is 1.06. The molecule has 1 rings (SSSR count). The van der Waals surface area contributed by atoms with Gasteiger partial charge in [-0.2, -0.15) is 0 Å². The highest BCUT2D eigenvalue weighted by Gasteiger charge is 2.13. The summed E-state index contributed by atoms with van der Waals surface area (Å²) in [5.74, 6) is 0. The quantitative estimate of drug-likeness (QED) is 0.689. The van der Waals surface area contributed by atoms with E-state index in [0.717, 1.165) is 5.56 Å². The second kappa shape index (κ2) is 3.45. The molecule has 0 bridgehead atoms. The standard InChI is InChI=1S/C5H6BClO3S/c1-3-2-4(10-6(8)9)11-5(3)7/h2,8-9H,1H3. The Morgan fingerprint density at radius 3 is 2.64 bits per heavy atom. The van der Waals surface area contributed by atoms with E-state index in [1.807, 2.05) is 6.92 Å². The lowest BCUT2D eigenvalue weighted by molar-refractivity contribution is 0.291. The summed E-state index contributed by atoms with van der Waals surface area (Å²) in [6, 6.07) is 1.65. The Morgan fingerprint density at radius 1 is 1.64 bits per heavy atom. The van der Waals surface area contributed by atoms with Crippen LogP contribution in [0.1, 0.15) is 5.56 Å². The molecule has 0 saturated heterocycles. The van der Waals surface area contributed by atoms with Crippen LogP contribution in [0.4, 0.5) is 0 Å². The topological polar surface area (TPSA) is 49.7 Å². The third kappa shape index (κ3) is 2.37. The monoisotopic (exact) mass is 192 g/mol. The van der Waals surface area contributed by atoms with Gasteiger partial charge in [0.1, 0.15) is 0 Å². The van der Waals surface area contributed by atoms with Gasteiger partial charge in [0.05, 0.1) is 4.34 Å². The number of hydrogen-bond acceptors (Lipinski definition) is 4. The summed E-state index contributed by atoms with van der Waals surface area (Å²) in [4.78, 5) is 0. The maximum Gasteiger partial charge on any atom is 0.708 e. The van der Waals surface area contributed by atoms with Crippen molar-refractivity contribution < 1.29 is 14.7 Å². The fourth-order valence-corrected chi connectivity index (χ4v) is 1.64. The van der Waals surface area contributed by atoms with Gasteiger partial charge in [-0.25, -0.2) is 0 Å². The molecular weight excluding hydrogens is 186 g/mol. The number of rotatable bonds is 2. The number of thiophene rings is 1. The van der Waals surface area contributed by atoms with Crippen molar-refractivity contribution in [2.24, 2.45) is 0 Å². The fourth-order valence-electron chi connectivity index (χ4n) is 0.594. The second-order valence-corrected chi connectivity index (χ2v) is 3.58. The summed E-state index contributed by atoms with van der Waals surface area (Å²) >= 11 is 6.85. The van der Waals surface area contributed by atoms with Crippen LogP contribution in [0.5, 0.6) is 5.06 Å². The van der Waals surface area contributed by atoms with Gasteiger partial charge >= 0.3 is 7.32 Å². The third-order valence-corrected chi connectivity index (χ3v) is 2.50. The molecule has 0 saturated carbocycles. The molecule has 0 aliphatic carbocycles. The van der Waals surface area contributed by atoms with Crippen LogP contribution in [0.25, 0.3) is 0 Å². The highest BCUT2D eigenvalue weighted by atomic mass is 35.5. The van der Waals surface area contributed by atoms with Gasteiger partial charge in [-0.1, -0.05) is 22.9 Å². The third-order valence-electron chi connectivity index (χ3n) is 1.06. The van der Waals surface area contributed by atoms with E-state index in [1.165, 1.54) is 11.3 Å². The van der Waals surface area contributed by atoms with Crippen molar-refractivity contribution in [2.45, 2.75) is 6.92 Å². The van der Waals surface area contributed by atoms with E-state index >= 15 is 0 Å². The first kappa shape index (κ1) is 8.87. The molecule has 0 amide bonds. The van der Waals surface area contributed by atoms with Crippen LogP contribution >= 0.6 is 22.9 Å². The molecule has 60 valence electrons. The lowest BCUT2D eigenvalue weighted by atomic mass is 10.3. The molecule has 3 nitrogen and oxygen atoms in total. The van der Waals surface area contributed by atoms with Crippen molar-refractivity contribution in [3.8, 4) is 5.06 Å². The van der Waals surface area contributed by atoms with Crippen molar-refractivity contribution in [1.82, 2.24) is 0 Å². The van der Waals surface area contributed by atoms with Crippen LogP contribution < -0.4 is 4.65 Å². The summed E-state index contributed by atoms with van der Waals surface area (Å²) < 4.78 is 5.16. The lowest BCUT2D eigenvalue weighted by Gasteiger charge is -1.97. The Kier molecular flexibility index (Phi) is 2.78. The molecule has 0 aromatic carbocycles. The van der Waals surface area contributed by atoms with E-state index in [4.69, 9.17) is 21.6 Å². The average Bonchev–Trinajstić information content (AvgIpc) is 2.10. The van der Waals surface area contributed by atoms with Crippen LogP contribution in [0.15, 0.2) is 6.07 Å². The second-order valence-electron chi connectivity index (χ2n) is 1.97. The zero-order valence-electron chi connectivity index (χ0n) is 5.74. The SMILES string of the molecule is Cc1cc(OB(O)O)sc1Cl. The smallest absolute Gasteiger partial charge is 0.504 e. The fraction of sp³-hybridized carbons (Fsp3) is 0.200. The van der Waals surface area contributed by atoms with Gasteiger partial charge in [-0.05, 0) is 18.6 Å². The summed E-state index contributed by atoms with van der Waals surface area (Å²) in [5.41, 5.74) is 0.868. The lowest BCUT2D eigenvalue weighted by Crippen LogP contribution is -2.19. The Hall–Kier alpha value is -0.225. The summed E-state index contributed by atoms with van der Waals surface area (Å²) in [6.07, 6.45) is 0. The zero-order valence-corrected chi connectivity index (χ0v) is 7.32. The van der Waals surface area contributed by atoms with E-state index in [0.29, 0.717) is 9.40 Å². The van der Waals surface area contributed by atoms with Gasteiger partial charge < -0.3 is 14.7 Å². The molecule has 1 aromatic rings. The van der Waals surface area contributed by atoms with Crippen molar-refractivity contribution >= 4 is 30.3 Å². The molecule has 1 heterocycles. The minimum absolute atomic E-state index is 0.405. The highest BCUT2D eigenvalue weighted by Crippen LogP contribution is 2.32. The number of aryl methyl sites for hydroxylation is 1. The molecule has 0 aliphatic rings. The molecule has 0 unspecified atom stereocenters. The van der Waals surface area contributed by atoms with Crippen LogP contribution in [0.3, 0.4) is 0 Å². The Labute approximate surface area is 73.4 Å². The van der Waals surface area contributed by atoms with Gasteiger partial charge in [-0.15, -0.1) is 0 Å². The molecule has 0 radical (unpaired) electrons. The maximum atomic E-state index is 8.40. The molecule has 0 fully saturated rings. The van der Waals surface area contributed by atoms with Crippen molar-refractivity contribution in [3.63, 3.8) is 0 Å². The molecule has 0 spiro atoms. The molecule has 0 aliphatic heterocycles. The predicted molar refractivity (Wildman–Crippen MR) is 44.9 cm³/mol. The molecule has 6 heteroatoms. The first-order chi connectivity index (χ1) is 5.09. The van der Waals surface area contributed by atoms with Crippen LogP contribution in [0, 0.1) is 6.92 Å². The van der Waals surface area contributed by atoms with Crippen molar-refractivity contribution in [3.05, 3.63) is 16.0 Å². The van der Waals surface area contributed by atoms with Gasteiger partial charge in [0, 0.05) is 0 Å². The molecule has 1 aromatic heterocycles. The van der Waals surface area contributed by atoms with Crippen LogP contribution in [-0.2, 0) is 0 Å². The van der Waals surface area contributed by atoms with E-state index < -0.39 is 7.32 Å². The van der Waals surface area contributed by atoms with Crippen LogP contribution in [0.2, 0.25) is 4.34 Å². The summed E-state index contributed by atoms with van der Waals surface area (Å²) in [7, 11) is -1.77. The molecule has 0 atom stereocenters. The minimum Gasteiger partial charge on any atom is -0.504 e. The van der Waals surface area contributed by atoms with Crippen LogP contribution in [-0.4, -0.2) is 17.4 Å². The first-order valence-corrected chi connectivity index (χ1v) is 4.08. The molecule has 11 heavy (non-hydrogen) atoms. The number of halogens is 1. The normalized spacial score (nSPS) is 9.82. The zero-order chi connectivity index (χ0) is 8.43. The van der Waals surface area contributed by atoms with E-state index in [1.54, 1.807) is 6.07 Å². The Bertz CT molecular complexity index is 230. The van der Waals surface area contributed by atoms with E-state index in [-0.39, 0.29) is 0 Å². The van der Waals surface area contributed by atoms with Crippen molar-refractivity contribution in [1.29, 1.82) is 0 Å². The first-order valence-electron chi connectivity index (χ1n) is 2.88. The maximum absolute atomic E-state index is 8.40. The van der Waals surface area contributed by atoms with Gasteiger partial charge in [0.2, 0.25) is 0 Å². The highest BCUT2D eigenvalue weighted by molar-refractivity contribution is 7.18. The largest absolute Gasteiger partial charge is 0.708 e. The van der Waals surface area contributed by atoms with E-state index in [2.05, 4.69) is 4.65 Å². The van der Waals surface area contributed by atoms with Gasteiger partial charge in [-0.3, -0.25) is 0 Å². The summed E-state index contributed by atoms with van der Waals surface area (Å²) in [5, 5.41) is 17.2. The molecular formula is C5H6BClO3S. The Morgan fingerprint density at radius 2 is 2.27 bits per heavy atom. The van der Waals surface area contributed by atoms with Gasteiger partial charge in [0.25, 0.3) is 0 Å². The summed E-state index contributed by atoms with van der Waals surface area (Å²) in [6.45, 7) is 1.81. The number of hydrogen-bond donors (Lipinski definition) is 2. The minimum atomic E-state index is -1.77. The van der Waals surface area contributed by atoms with E-state index in [9.17, 15) is 0 Å².